The second-order valence-electron chi connectivity index (χ2n) is 4.47. The highest BCUT2D eigenvalue weighted by molar-refractivity contribution is 6.28. The largest absolute Gasteiger partial charge is 0.376 e. The fourth-order valence-electron chi connectivity index (χ4n) is 2.17. The van der Waals surface area contributed by atoms with Crippen molar-refractivity contribution >= 4 is 28.3 Å². The Labute approximate surface area is 116 Å². The Morgan fingerprint density at radius 3 is 2.95 bits per heavy atom. The van der Waals surface area contributed by atoms with Crippen molar-refractivity contribution in [2.24, 2.45) is 0 Å². The number of aromatic nitrogens is 4. The lowest BCUT2D eigenvalue weighted by Crippen LogP contribution is -2.14. The molecule has 0 aliphatic carbocycles. The van der Waals surface area contributed by atoms with Gasteiger partial charge in [-0.3, -0.25) is 0 Å². The van der Waals surface area contributed by atoms with E-state index in [-0.39, 0.29) is 5.28 Å². The summed E-state index contributed by atoms with van der Waals surface area (Å²) in [6.07, 6.45) is 7.95. The van der Waals surface area contributed by atoms with Crippen LogP contribution >= 0.6 is 11.6 Å². The Kier molecular flexibility index (Phi) is 2.98. The van der Waals surface area contributed by atoms with E-state index < -0.39 is 0 Å². The molecule has 2 aromatic heterocycles. The molecule has 98 valence electrons. The third-order valence-electron chi connectivity index (χ3n) is 3.10. The lowest BCUT2D eigenvalue weighted by Gasteiger charge is -2.17. The molecule has 19 heavy (non-hydrogen) atoms. The molecule has 0 saturated carbocycles. The molecule has 0 saturated heterocycles. The van der Waals surface area contributed by atoms with E-state index in [0.717, 1.165) is 35.5 Å². The maximum Gasteiger partial charge on any atom is 0.225 e. The summed E-state index contributed by atoms with van der Waals surface area (Å²) in [5, 5.41) is 0.250. The van der Waals surface area contributed by atoms with Gasteiger partial charge in [-0.15, -0.1) is 0 Å². The Bertz CT molecular complexity index is 686. The van der Waals surface area contributed by atoms with E-state index in [1.54, 1.807) is 6.33 Å². The molecule has 3 rings (SSSR count). The lowest BCUT2D eigenvalue weighted by molar-refractivity contribution is 0.507. The number of hydrogen-bond acceptors (Lipinski definition) is 4. The van der Waals surface area contributed by atoms with E-state index in [4.69, 9.17) is 11.6 Å². The van der Waals surface area contributed by atoms with E-state index >= 15 is 0 Å². The second-order valence-corrected chi connectivity index (χ2v) is 4.81. The quantitative estimate of drug-likeness (QED) is 0.790. The Morgan fingerprint density at radius 2 is 2.21 bits per heavy atom. The number of imidazole rings is 1. The predicted molar refractivity (Wildman–Crippen MR) is 75.8 cm³/mol. The topological polar surface area (TPSA) is 46.8 Å². The molecule has 0 bridgehead atoms. The zero-order chi connectivity index (χ0) is 13.4. The van der Waals surface area contributed by atoms with Gasteiger partial charge in [0, 0.05) is 31.9 Å². The summed E-state index contributed by atoms with van der Waals surface area (Å²) in [5.41, 5.74) is 3.35. The third-order valence-corrected chi connectivity index (χ3v) is 3.27. The van der Waals surface area contributed by atoms with Crippen molar-refractivity contribution in [3.63, 3.8) is 0 Å². The highest BCUT2D eigenvalue weighted by atomic mass is 35.5. The summed E-state index contributed by atoms with van der Waals surface area (Å²) < 4.78 is 1.96. The van der Waals surface area contributed by atoms with Crippen LogP contribution in [0.1, 0.15) is 12.6 Å². The fraction of sp³-hybridized carbons (Fsp3) is 0.308. The van der Waals surface area contributed by atoms with Crippen LogP contribution in [0.3, 0.4) is 0 Å². The summed E-state index contributed by atoms with van der Waals surface area (Å²) in [6, 6.07) is 0. The van der Waals surface area contributed by atoms with Crippen molar-refractivity contribution in [3.05, 3.63) is 35.7 Å². The van der Waals surface area contributed by atoms with E-state index in [1.165, 1.54) is 0 Å². The number of aryl methyl sites for hydroxylation is 1. The van der Waals surface area contributed by atoms with Crippen molar-refractivity contribution in [1.29, 1.82) is 0 Å². The fourth-order valence-corrected chi connectivity index (χ4v) is 2.33. The maximum atomic E-state index is 6.04. The van der Waals surface area contributed by atoms with Crippen molar-refractivity contribution in [3.8, 4) is 0 Å². The molecular formula is C13H14ClN5. The predicted octanol–water partition coefficient (Wildman–Crippen LogP) is 2.34. The Morgan fingerprint density at radius 1 is 1.37 bits per heavy atom. The maximum absolute atomic E-state index is 6.04. The Balaban J connectivity index is 2.23. The SMILES string of the molecule is CCn1cnc2c(C3=CN(C)CC=C3)nc(Cl)nc21. The number of rotatable bonds is 2. The molecule has 2 aromatic rings. The van der Waals surface area contributed by atoms with Crippen molar-refractivity contribution in [2.45, 2.75) is 13.5 Å². The molecule has 5 nitrogen and oxygen atoms in total. The minimum atomic E-state index is 0.250. The number of nitrogens with zero attached hydrogens (tertiary/aromatic N) is 5. The average Bonchev–Trinajstić information content (AvgIpc) is 2.80. The third kappa shape index (κ3) is 2.10. The van der Waals surface area contributed by atoms with Crippen LogP contribution in [0.25, 0.3) is 16.7 Å². The number of allylic oxidation sites excluding steroid dienone is 2. The molecule has 1 aliphatic rings. The number of hydrogen-bond donors (Lipinski definition) is 0. The first-order valence-electron chi connectivity index (χ1n) is 6.16. The van der Waals surface area contributed by atoms with Gasteiger partial charge in [-0.2, -0.15) is 4.98 Å². The summed E-state index contributed by atoms with van der Waals surface area (Å²) in [7, 11) is 2.02. The van der Waals surface area contributed by atoms with Crippen LogP contribution in [0.5, 0.6) is 0 Å². The van der Waals surface area contributed by atoms with Crippen molar-refractivity contribution in [2.75, 3.05) is 13.6 Å². The van der Waals surface area contributed by atoms with Crippen LogP contribution in [0.2, 0.25) is 5.28 Å². The number of halogens is 1. The molecule has 3 heterocycles. The van der Waals surface area contributed by atoms with Gasteiger partial charge in [-0.05, 0) is 18.5 Å². The van der Waals surface area contributed by atoms with Gasteiger partial charge in [0.15, 0.2) is 5.65 Å². The summed E-state index contributed by atoms with van der Waals surface area (Å²) in [4.78, 5) is 15.1. The van der Waals surface area contributed by atoms with Crippen LogP contribution in [0, 0.1) is 0 Å². The van der Waals surface area contributed by atoms with Gasteiger partial charge in [0.05, 0.1) is 6.33 Å². The summed E-state index contributed by atoms with van der Waals surface area (Å²) in [6.45, 7) is 3.75. The van der Waals surface area contributed by atoms with Gasteiger partial charge in [0.2, 0.25) is 5.28 Å². The zero-order valence-corrected chi connectivity index (χ0v) is 11.6. The molecule has 0 amide bonds. The standard InChI is InChI=1S/C13H14ClN5/c1-3-19-8-15-11-10(16-13(14)17-12(11)19)9-5-4-6-18(2)7-9/h4-5,7-8H,3,6H2,1-2H3. The average molecular weight is 276 g/mol. The van der Waals surface area contributed by atoms with Gasteiger partial charge in [0.25, 0.3) is 0 Å². The number of fused-ring (bicyclic) bond motifs is 1. The van der Waals surface area contributed by atoms with Crippen LogP contribution in [0.4, 0.5) is 0 Å². The van der Waals surface area contributed by atoms with Gasteiger partial charge >= 0.3 is 0 Å². The summed E-state index contributed by atoms with van der Waals surface area (Å²) >= 11 is 6.04. The van der Waals surface area contributed by atoms with E-state index in [1.807, 2.05) is 30.8 Å². The molecule has 0 aromatic carbocycles. The first-order valence-corrected chi connectivity index (χ1v) is 6.54. The first kappa shape index (κ1) is 12.2. The van der Waals surface area contributed by atoms with E-state index in [0.29, 0.717) is 0 Å². The lowest BCUT2D eigenvalue weighted by atomic mass is 10.1. The van der Waals surface area contributed by atoms with E-state index in [9.17, 15) is 0 Å². The molecule has 0 unspecified atom stereocenters. The molecule has 0 N–H and O–H groups in total. The van der Waals surface area contributed by atoms with E-state index in [2.05, 4.69) is 25.9 Å². The van der Waals surface area contributed by atoms with Crippen molar-refractivity contribution in [1.82, 2.24) is 24.4 Å². The smallest absolute Gasteiger partial charge is 0.225 e. The minimum Gasteiger partial charge on any atom is -0.376 e. The molecule has 0 radical (unpaired) electrons. The van der Waals surface area contributed by atoms with Crippen molar-refractivity contribution < 1.29 is 0 Å². The summed E-state index contributed by atoms with van der Waals surface area (Å²) in [5.74, 6) is 0. The molecule has 0 fully saturated rings. The monoisotopic (exact) mass is 275 g/mol. The van der Waals surface area contributed by atoms with Gasteiger partial charge in [-0.25, -0.2) is 9.97 Å². The van der Waals surface area contributed by atoms with Crippen LogP contribution in [0.15, 0.2) is 24.7 Å². The van der Waals surface area contributed by atoms with Gasteiger partial charge < -0.3 is 9.47 Å². The molecular weight excluding hydrogens is 262 g/mol. The minimum absolute atomic E-state index is 0.250. The zero-order valence-electron chi connectivity index (χ0n) is 10.8. The molecule has 0 atom stereocenters. The van der Waals surface area contributed by atoms with Crippen LogP contribution in [-0.4, -0.2) is 38.0 Å². The Hall–Kier alpha value is -1.88. The second kappa shape index (κ2) is 4.66. The van der Waals surface area contributed by atoms with Crippen LogP contribution in [-0.2, 0) is 6.54 Å². The van der Waals surface area contributed by atoms with Gasteiger partial charge in [-0.1, -0.05) is 12.2 Å². The van der Waals surface area contributed by atoms with Crippen LogP contribution < -0.4 is 0 Å². The van der Waals surface area contributed by atoms with Gasteiger partial charge in [0.1, 0.15) is 11.2 Å². The first-order chi connectivity index (χ1) is 9.19. The molecule has 1 aliphatic heterocycles. The number of likely N-dealkylation sites (N-methyl/N-ethyl adjacent to an activating group) is 1. The normalized spacial score (nSPS) is 15.1. The molecule has 6 heteroatoms. The molecule has 0 spiro atoms. The highest BCUT2D eigenvalue weighted by Crippen LogP contribution is 2.25. The highest BCUT2D eigenvalue weighted by Gasteiger charge is 2.15.